The molecule has 3 aromatic carbocycles. The van der Waals surface area contributed by atoms with Gasteiger partial charge < -0.3 is 5.11 Å². The van der Waals surface area contributed by atoms with Crippen molar-refractivity contribution in [1.82, 2.24) is 4.31 Å². The van der Waals surface area contributed by atoms with Crippen LogP contribution in [0, 0.1) is 26.7 Å². The van der Waals surface area contributed by atoms with Gasteiger partial charge >= 0.3 is 5.97 Å². The molecule has 1 fully saturated rings. The second-order valence-corrected chi connectivity index (χ2v) is 12.2. The third kappa shape index (κ3) is 5.22. The van der Waals surface area contributed by atoms with Crippen molar-refractivity contribution in [2.45, 2.75) is 48.3 Å². The Hall–Kier alpha value is -2.61. The fraction of sp³-hybridized carbons (Fsp3) is 0.296. The molecule has 5 nitrogen and oxygen atoms in total. The molecule has 0 spiro atoms. The number of carboxylic acid groups (broad SMARTS) is 1. The van der Waals surface area contributed by atoms with E-state index in [1.54, 1.807) is 24.3 Å². The molecule has 0 aliphatic carbocycles. The maximum absolute atomic E-state index is 13.7. The molecule has 0 radical (unpaired) electrons. The molecule has 178 valence electrons. The second kappa shape index (κ2) is 9.94. The van der Waals surface area contributed by atoms with E-state index in [2.05, 4.69) is 0 Å². The summed E-state index contributed by atoms with van der Waals surface area (Å²) in [6, 6.07) is 22.1. The number of sulfonamides is 1. The van der Waals surface area contributed by atoms with Crippen LogP contribution in [0.2, 0.25) is 0 Å². The van der Waals surface area contributed by atoms with E-state index in [0.29, 0.717) is 6.42 Å². The number of carboxylic acids is 1. The van der Waals surface area contributed by atoms with Crippen LogP contribution in [0.1, 0.15) is 34.7 Å². The Bertz CT molecular complexity index is 1250. The van der Waals surface area contributed by atoms with E-state index in [-0.39, 0.29) is 16.7 Å². The van der Waals surface area contributed by atoms with Crippen molar-refractivity contribution in [3.8, 4) is 0 Å². The molecule has 1 aliphatic rings. The normalized spacial score (nSPS) is 21.3. The van der Waals surface area contributed by atoms with Gasteiger partial charge in [0.1, 0.15) is 0 Å². The van der Waals surface area contributed by atoms with Gasteiger partial charge in [-0.05, 0) is 57.0 Å². The minimum absolute atomic E-state index is 0.0758. The van der Waals surface area contributed by atoms with Gasteiger partial charge in [-0.3, -0.25) is 4.79 Å². The molecule has 7 heteroatoms. The van der Waals surface area contributed by atoms with E-state index in [1.807, 2.05) is 69.3 Å². The molecule has 0 bridgehead atoms. The summed E-state index contributed by atoms with van der Waals surface area (Å²) in [5.41, 5.74) is 4.06. The zero-order valence-electron chi connectivity index (χ0n) is 19.5. The van der Waals surface area contributed by atoms with Gasteiger partial charge in [0, 0.05) is 16.7 Å². The van der Waals surface area contributed by atoms with Gasteiger partial charge in [0.25, 0.3) is 0 Å². The van der Waals surface area contributed by atoms with Crippen LogP contribution in [-0.2, 0) is 14.8 Å². The Kier molecular flexibility index (Phi) is 7.17. The van der Waals surface area contributed by atoms with Crippen molar-refractivity contribution >= 4 is 27.8 Å². The smallest absolute Gasteiger partial charge is 0.308 e. The van der Waals surface area contributed by atoms with Crippen molar-refractivity contribution in [1.29, 1.82) is 0 Å². The molecule has 0 amide bonds. The Morgan fingerprint density at radius 3 is 1.88 bits per heavy atom. The van der Waals surface area contributed by atoms with Gasteiger partial charge in [0.05, 0.1) is 16.9 Å². The number of thioether (sulfide) groups is 1. The Morgan fingerprint density at radius 1 is 0.853 bits per heavy atom. The highest BCUT2D eigenvalue weighted by Crippen LogP contribution is 2.44. The first-order valence-electron chi connectivity index (χ1n) is 11.3. The quantitative estimate of drug-likeness (QED) is 0.481. The lowest BCUT2D eigenvalue weighted by molar-refractivity contribution is -0.143. The van der Waals surface area contributed by atoms with Crippen LogP contribution in [0.5, 0.6) is 0 Å². The average molecular weight is 496 g/mol. The average Bonchev–Trinajstić information content (AvgIpc) is 2.81. The van der Waals surface area contributed by atoms with Crippen molar-refractivity contribution in [3.63, 3.8) is 0 Å². The topological polar surface area (TPSA) is 74.7 Å². The largest absolute Gasteiger partial charge is 0.481 e. The summed E-state index contributed by atoms with van der Waals surface area (Å²) in [6.07, 6.45) is 0.406. The van der Waals surface area contributed by atoms with E-state index in [0.717, 1.165) is 27.1 Å². The van der Waals surface area contributed by atoms with Crippen molar-refractivity contribution in [3.05, 3.63) is 95.1 Å². The van der Waals surface area contributed by atoms with E-state index in [4.69, 9.17) is 0 Å². The Morgan fingerprint density at radius 2 is 1.35 bits per heavy atom. The number of aliphatic carboxylic acids is 1. The minimum Gasteiger partial charge on any atom is -0.481 e. The first kappa shape index (κ1) is 24.5. The molecule has 0 aromatic heterocycles. The first-order chi connectivity index (χ1) is 16.1. The van der Waals surface area contributed by atoms with Crippen LogP contribution in [0.3, 0.4) is 0 Å². The SMILES string of the molecule is Cc1ccc(S[C@@H]2C[C@@H](c3ccc(C)cc3)N(S(=O)(=O)c3ccc(C)cc3)C[C@H]2C(=O)O)cc1. The summed E-state index contributed by atoms with van der Waals surface area (Å²) in [4.78, 5) is 13.5. The summed E-state index contributed by atoms with van der Waals surface area (Å²) in [7, 11) is -3.89. The standard InChI is InChI=1S/C27H29NO4S2/c1-18-4-10-21(11-5-18)25-16-26(33-22-12-6-19(2)7-13-22)24(27(29)30)17-28(25)34(31,32)23-14-8-20(3)9-15-23/h4-15,24-26H,16-17H2,1-3H3,(H,29,30)/t24-,25+,26-/m1/s1. The molecule has 4 rings (SSSR count). The van der Waals surface area contributed by atoms with Crippen LogP contribution >= 0.6 is 11.8 Å². The third-order valence-electron chi connectivity index (χ3n) is 6.34. The predicted molar refractivity (Wildman–Crippen MR) is 136 cm³/mol. The van der Waals surface area contributed by atoms with Crippen molar-refractivity contribution < 1.29 is 18.3 Å². The number of benzene rings is 3. The summed E-state index contributed by atoms with van der Waals surface area (Å²) >= 11 is 1.52. The first-order valence-corrected chi connectivity index (χ1v) is 13.6. The number of nitrogens with zero attached hydrogens (tertiary/aromatic N) is 1. The van der Waals surface area contributed by atoms with Gasteiger partial charge in [0.2, 0.25) is 10.0 Å². The highest BCUT2D eigenvalue weighted by atomic mass is 32.2. The molecule has 0 unspecified atom stereocenters. The van der Waals surface area contributed by atoms with E-state index >= 15 is 0 Å². The molecule has 1 N–H and O–H groups in total. The molecule has 1 saturated heterocycles. The lowest BCUT2D eigenvalue weighted by Crippen LogP contribution is -2.49. The molecule has 3 aromatic rings. The molecular weight excluding hydrogens is 466 g/mol. The Balaban J connectivity index is 1.75. The number of hydrogen-bond donors (Lipinski definition) is 1. The minimum atomic E-state index is -3.89. The maximum atomic E-state index is 13.7. The number of rotatable bonds is 6. The fourth-order valence-electron chi connectivity index (χ4n) is 4.30. The molecule has 3 atom stereocenters. The molecular formula is C27H29NO4S2. The number of piperidine rings is 1. The van der Waals surface area contributed by atoms with Gasteiger partial charge in [-0.1, -0.05) is 65.2 Å². The van der Waals surface area contributed by atoms with Crippen LogP contribution in [-0.4, -0.2) is 35.6 Å². The van der Waals surface area contributed by atoms with Gasteiger partial charge in [-0.15, -0.1) is 11.8 Å². The van der Waals surface area contributed by atoms with Crippen LogP contribution in [0.4, 0.5) is 0 Å². The third-order valence-corrected chi connectivity index (χ3v) is 9.60. The summed E-state index contributed by atoms with van der Waals surface area (Å²) in [5, 5.41) is 9.81. The van der Waals surface area contributed by atoms with Gasteiger partial charge in [0.15, 0.2) is 0 Å². The molecule has 34 heavy (non-hydrogen) atoms. The summed E-state index contributed by atoms with van der Waals surface area (Å²) in [6.45, 7) is 5.83. The highest BCUT2D eigenvalue weighted by molar-refractivity contribution is 8.00. The van der Waals surface area contributed by atoms with E-state index in [9.17, 15) is 18.3 Å². The lowest BCUT2D eigenvalue weighted by atomic mass is 9.90. The summed E-state index contributed by atoms with van der Waals surface area (Å²) in [5.74, 6) is -1.80. The van der Waals surface area contributed by atoms with E-state index < -0.39 is 28.0 Å². The monoisotopic (exact) mass is 495 g/mol. The summed E-state index contributed by atoms with van der Waals surface area (Å²) < 4.78 is 28.9. The number of hydrogen-bond acceptors (Lipinski definition) is 4. The highest BCUT2D eigenvalue weighted by Gasteiger charge is 2.45. The molecule has 0 saturated carbocycles. The lowest BCUT2D eigenvalue weighted by Gasteiger charge is -2.41. The van der Waals surface area contributed by atoms with Crippen LogP contribution in [0.15, 0.2) is 82.6 Å². The van der Waals surface area contributed by atoms with E-state index in [1.165, 1.54) is 16.1 Å². The molecule has 1 aliphatic heterocycles. The van der Waals surface area contributed by atoms with Crippen molar-refractivity contribution in [2.24, 2.45) is 5.92 Å². The maximum Gasteiger partial charge on any atom is 0.308 e. The van der Waals surface area contributed by atoms with Gasteiger partial charge in [-0.2, -0.15) is 4.31 Å². The second-order valence-electron chi connectivity index (χ2n) is 8.96. The van der Waals surface area contributed by atoms with Crippen LogP contribution < -0.4 is 0 Å². The molecule has 1 heterocycles. The number of aryl methyl sites for hydroxylation is 3. The zero-order valence-corrected chi connectivity index (χ0v) is 21.1. The zero-order chi connectivity index (χ0) is 24.5. The Labute approximate surface area is 205 Å². The fourth-order valence-corrected chi connectivity index (χ4v) is 7.24. The van der Waals surface area contributed by atoms with Crippen molar-refractivity contribution in [2.75, 3.05) is 6.54 Å². The number of carbonyl (C=O) groups is 1. The van der Waals surface area contributed by atoms with Gasteiger partial charge in [-0.25, -0.2) is 8.42 Å². The predicted octanol–water partition coefficient (Wildman–Crippen LogP) is 5.61. The van der Waals surface area contributed by atoms with Crippen LogP contribution in [0.25, 0.3) is 0 Å².